The van der Waals surface area contributed by atoms with E-state index >= 15 is 0 Å². The van der Waals surface area contributed by atoms with Crippen molar-refractivity contribution in [2.75, 3.05) is 6.61 Å². The molecular weight excluding hydrogens is 264 g/mol. The molecule has 0 saturated carbocycles. The van der Waals surface area contributed by atoms with Crippen LogP contribution in [0.4, 0.5) is 0 Å². The average molecular weight is 303 g/mol. The Hall–Kier alpha value is 0.137. The molecule has 0 amide bonds. The highest BCUT2D eigenvalue weighted by Crippen LogP contribution is 2.15. The summed E-state index contributed by atoms with van der Waals surface area (Å²) < 4.78 is 12.1. The average Bonchev–Trinajstić information content (AvgIpc) is 2.39. The molecule has 122 valence electrons. The van der Waals surface area contributed by atoms with Crippen LogP contribution >= 0.6 is 0 Å². The second kappa shape index (κ2) is 12.8. The van der Waals surface area contributed by atoms with E-state index in [4.69, 9.17) is 8.85 Å². The van der Waals surface area contributed by atoms with Crippen molar-refractivity contribution in [2.24, 2.45) is 0 Å². The first-order valence-corrected chi connectivity index (χ1v) is 11.6. The Morgan fingerprint density at radius 3 is 1.95 bits per heavy atom. The van der Waals surface area contributed by atoms with Crippen LogP contribution in [0.25, 0.3) is 0 Å². The third kappa shape index (κ3) is 13.1. The van der Waals surface area contributed by atoms with Gasteiger partial charge in [0.2, 0.25) is 0 Å². The summed E-state index contributed by atoms with van der Waals surface area (Å²) in [5.41, 5.74) is 0. The third-order valence-corrected chi connectivity index (χ3v) is 5.52. The van der Waals surface area contributed by atoms with Gasteiger partial charge in [-0.3, -0.25) is 0 Å². The zero-order valence-electron chi connectivity index (χ0n) is 14.7. The van der Waals surface area contributed by atoms with Crippen molar-refractivity contribution < 1.29 is 8.85 Å². The van der Waals surface area contributed by atoms with Crippen molar-refractivity contribution >= 4 is 8.56 Å². The minimum absolute atomic E-state index is 0.352. The van der Waals surface area contributed by atoms with Crippen molar-refractivity contribution in [3.63, 3.8) is 0 Å². The predicted octanol–water partition coefficient (Wildman–Crippen LogP) is 6.05. The summed E-state index contributed by atoms with van der Waals surface area (Å²) in [6.45, 7) is 11.9. The van der Waals surface area contributed by atoms with Gasteiger partial charge in [0.15, 0.2) is 0 Å². The normalized spacial score (nSPS) is 13.7. The Balaban J connectivity index is 3.51. The standard InChI is InChI=1S/C17H38O2Si/c1-6-8-10-11-12-13-14-16-18-20(4,5)19-17(3)15-9-7-2/h17H,6-16H2,1-5H3. The highest BCUT2D eigenvalue weighted by molar-refractivity contribution is 6.64. The molecule has 0 aliphatic rings. The summed E-state index contributed by atoms with van der Waals surface area (Å²) in [7, 11) is -1.90. The van der Waals surface area contributed by atoms with Crippen LogP contribution in [0.15, 0.2) is 0 Å². The van der Waals surface area contributed by atoms with E-state index < -0.39 is 8.56 Å². The summed E-state index contributed by atoms with van der Waals surface area (Å²) in [5, 5.41) is 0. The Morgan fingerprint density at radius 2 is 1.35 bits per heavy atom. The summed E-state index contributed by atoms with van der Waals surface area (Å²) in [6, 6.07) is 0. The Bertz CT molecular complexity index is 207. The largest absolute Gasteiger partial charge is 0.395 e. The van der Waals surface area contributed by atoms with Crippen LogP contribution < -0.4 is 0 Å². The molecule has 0 aliphatic carbocycles. The zero-order chi connectivity index (χ0) is 15.3. The molecule has 0 N–H and O–H groups in total. The molecule has 0 fully saturated rings. The molecule has 2 nitrogen and oxygen atoms in total. The van der Waals surface area contributed by atoms with Gasteiger partial charge < -0.3 is 8.85 Å². The second-order valence-corrected chi connectivity index (χ2v) is 9.76. The van der Waals surface area contributed by atoms with Crippen molar-refractivity contribution in [3.05, 3.63) is 0 Å². The van der Waals surface area contributed by atoms with E-state index in [1.807, 2.05) is 0 Å². The van der Waals surface area contributed by atoms with Gasteiger partial charge in [0, 0.05) is 12.7 Å². The minimum Gasteiger partial charge on any atom is -0.395 e. The van der Waals surface area contributed by atoms with E-state index in [9.17, 15) is 0 Å². The lowest BCUT2D eigenvalue weighted by atomic mass is 10.1. The van der Waals surface area contributed by atoms with Crippen molar-refractivity contribution in [2.45, 2.75) is 104 Å². The molecule has 0 saturated heterocycles. The molecule has 0 rings (SSSR count). The van der Waals surface area contributed by atoms with E-state index in [-0.39, 0.29) is 0 Å². The topological polar surface area (TPSA) is 18.5 Å². The van der Waals surface area contributed by atoms with Crippen molar-refractivity contribution in [1.29, 1.82) is 0 Å². The second-order valence-electron chi connectivity index (χ2n) is 6.44. The van der Waals surface area contributed by atoms with Gasteiger partial charge in [-0.15, -0.1) is 0 Å². The van der Waals surface area contributed by atoms with Crippen LogP contribution in [0, 0.1) is 0 Å². The summed E-state index contributed by atoms with van der Waals surface area (Å²) in [6.07, 6.45) is 13.4. The molecule has 0 bridgehead atoms. The number of hydrogen-bond acceptors (Lipinski definition) is 2. The fourth-order valence-corrected chi connectivity index (χ4v) is 4.24. The fourth-order valence-electron chi connectivity index (χ4n) is 2.45. The highest BCUT2D eigenvalue weighted by Gasteiger charge is 2.26. The van der Waals surface area contributed by atoms with Crippen molar-refractivity contribution in [3.8, 4) is 0 Å². The number of hydrogen-bond donors (Lipinski definition) is 0. The van der Waals surface area contributed by atoms with Crippen LogP contribution in [-0.4, -0.2) is 21.3 Å². The predicted molar refractivity (Wildman–Crippen MR) is 91.5 cm³/mol. The number of unbranched alkanes of at least 4 members (excludes halogenated alkanes) is 7. The van der Waals surface area contributed by atoms with E-state index in [2.05, 4.69) is 33.9 Å². The van der Waals surface area contributed by atoms with Gasteiger partial charge in [0.05, 0.1) is 0 Å². The maximum atomic E-state index is 6.12. The zero-order valence-corrected chi connectivity index (χ0v) is 15.7. The Kier molecular flexibility index (Phi) is 12.9. The Labute approximate surface area is 128 Å². The van der Waals surface area contributed by atoms with Crippen LogP contribution in [-0.2, 0) is 8.85 Å². The van der Waals surface area contributed by atoms with E-state index in [1.165, 1.54) is 57.8 Å². The quantitative estimate of drug-likeness (QED) is 0.287. The van der Waals surface area contributed by atoms with Gasteiger partial charge in [0.1, 0.15) is 0 Å². The van der Waals surface area contributed by atoms with Gasteiger partial charge >= 0.3 is 8.56 Å². The lowest BCUT2D eigenvalue weighted by molar-refractivity contribution is 0.122. The molecule has 0 aromatic heterocycles. The summed E-state index contributed by atoms with van der Waals surface area (Å²) in [5.74, 6) is 0. The molecule has 1 unspecified atom stereocenters. The van der Waals surface area contributed by atoms with Crippen LogP contribution in [0.5, 0.6) is 0 Å². The SMILES string of the molecule is CCCCCCCCCO[Si](C)(C)OC(C)CCCC. The molecule has 0 spiro atoms. The van der Waals surface area contributed by atoms with Gasteiger partial charge in [-0.25, -0.2) is 0 Å². The maximum Gasteiger partial charge on any atom is 0.331 e. The third-order valence-electron chi connectivity index (χ3n) is 3.65. The summed E-state index contributed by atoms with van der Waals surface area (Å²) >= 11 is 0. The first-order valence-electron chi connectivity index (χ1n) is 8.83. The first-order chi connectivity index (χ1) is 9.52. The molecule has 3 heteroatoms. The van der Waals surface area contributed by atoms with Gasteiger partial charge in [-0.05, 0) is 32.9 Å². The molecule has 0 aromatic rings. The highest BCUT2D eigenvalue weighted by atomic mass is 28.4. The maximum absolute atomic E-state index is 6.12. The minimum atomic E-state index is -1.90. The van der Waals surface area contributed by atoms with Crippen LogP contribution in [0.2, 0.25) is 13.1 Å². The molecular formula is C17H38O2Si. The monoisotopic (exact) mass is 302 g/mol. The van der Waals surface area contributed by atoms with Crippen molar-refractivity contribution in [1.82, 2.24) is 0 Å². The molecule has 1 atom stereocenters. The van der Waals surface area contributed by atoms with Crippen LogP contribution in [0.3, 0.4) is 0 Å². The van der Waals surface area contributed by atoms with Gasteiger partial charge in [0.25, 0.3) is 0 Å². The number of rotatable bonds is 14. The molecule has 0 radical (unpaired) electrons. The van der Waals surface area contributed by atoms with E-state index in [0.29, 0.717) is 6.10 Å². The van der Waals surface area contributed by atoms with Gasteiger partial charge in [-0.2, -0.15) is 0 Å². The molecule has 0 aliphatic heterocycles. The fraction of sp³-hybridized carbons (Fsp3) is 1.00. The van der Waals surface area contributed by atoms with Gasteiger partial charge in [-0.1, -0.05) is 65.2 Å². The van der Waals surface area contributed by atoms with E-state index in [0.717, 1.165) is 13.0 Å². The lowest BCUT2D eigenvalue weighted by Gasteiger charge is -2.27. The first kappa shape index (κ1) is 20.1. The lowest BCUT2D eigenvalue weighted by Crippen LogP contribution is -2.38. The molecule has 20 heavy (non-hydrogen) atoms. The Morgan fingerprint density at radius 1 is 0.800 bits per heavy atom. The van der Waals surface area contributed by atoms with Crippen LogP contribution in [0.1, 0.15) is 85.0 Å². The molecule has 0 heterocycles. The van der Waals surface area contributed by atoms with E-state index in [1.54, 1.807) is 0 Å². The smallest absolute Gasteiger partial charge is 0.331 e. The summed E-state index contributed by atoms with van der Waals surface area (Å²) in [4.78, 5) is 0. The molecule has 0 aromatic carbocycles.